The Balaban J connectivity index is 1.84. The molecule has 21 heavy (non-hydrogen) atoms. The molecule has 0 aromatic heterocycles. The summed E-state index contributed by atoms with van der Waals surface area (Å²) in [5.74, 6) is 0. The van der Waals surface area contributed by atoms with E-state index in [0.29, 0.717) is 6.04 Å². The maximum Gasteiger partial charge on any atom is 0.0208 e. The fourth-order valence-electron chi connectivity index (χ4n) is 2.25. The molecule has 2 aromatic carbocycles. The van der Waals surface area contributed by atoms with Gasteiger partial charge < -0.3 is 5.32 Å². The van der Waals surface area contributed by atoms with Crippen LogP contribution in [0, 0.1) is 0 Å². The van der Waals surface area contributed by atoms with E-state index in [-0.39, 0.29) is 0 Å². The molecule has 0 aliphatic rings. The molecule has 108 valence electrons. The third-order valence-electron chi connectivity index (χ3n) is 3.42. The van der Waals surface area contributed by atoms with Crippen LogP contribution < -0.4 is 5.32 Å². The molecule has 1 heteroatoms. The first-order valence-corrected chi connectivity index (χ1v) is 7.48. The van der Waals surface area contributed by atoms with Gasteiger partial charge in [-0.3, -0.25) is 0 Å². The van der Waals surface area contributed by atoms with Crippen molar-refractivity contribution in [3.63, 3.8) is 0 Å². The summed E-state index contributed by atoms with van der Waals surface area (Å²) in [4.78, 5) is 0. The van der Waals surface area contributed by atoms with Crippen LogP contribution in [0.15, 0.2) is 79.4 Å². The highest BCUT2D eigenvalue weighted by Crippen LogP contribution is 2.07. The summed E-state index contributed by atoms with van der Waals surface area (Å²) in [7, 11) is 0. The van der Waals surface area contributed by atoms with Crippen LogP contribution in [0.3, 0.4) is 0 Å². The van der Waals surface area contributed by atoms with E-state index in [2.05, 4.69) is 72.6 Å². The molecule has 0 aliphatic carbocycles. The van der Waals surface area contributed by atoms with E-state index < -0.39 is 0 Å². The summed E-state index contributed by atoms with van der Waals surface area (Å²) < 4.78 is 0. The molecule has 0 aliphatic heterocycles. The SMILES string of the molecule is C=CCC(C/C=C/c1ccccc1)NCc1ccccc1. The van der Waals surface area contributed by atoms with Crippen LogP contribution in [0.1, 0.15) is 24.0 Å². The third kappa shape index (κ3) is 5.80. The van der Waals surface area contributed by atoms with Gasteiger partial charge in [0.15, 0.2) is 0 Å². The van der Waals surface area contributed by atoms with Crippen molar-refractivity contribution in [2.24, 2.45) is 0 Å². The Morgan fingerprint density at radius 2 is 1.57 bits per heavy atom. The Morgan fingerprint density at radius 3 is 2.24 bits per heavy atom. The lowest BCUT2D eigenvalue weighted by molar-refractivity contribution is 0.520. The Bertz CT molecular complexity index is 543. The topological polar surface area (TPSA) is 12.0 Å². The van der Waals surface area contributed by atoms with Gasteiger partial charge in [-0.2, -0.15) is 0 Å². The molecule has 1 atom stereocenters. The van der Waals surface area contributed by atoms with Gasteiger partial charge in [-0.05, 0) is 24.0 Å². The summed E-state index contributed by atoms with van der Waals surface area (Å²) in [5, 5.41) is 3.60. The zero-order chi connectivity index (χ0) is 14.8. The predicted octanol–water partition coefficient (Wildman–Crippen LogP) is 4.82. The average Bonchev–Trinajstić information content (AvgIpc) is 2.54. The highest BCUT2D eigenvalue weighted by molar-refractivity contribution is 5.48. The summed E-state index contributed by atoms with van der Waals surface area (Å²) >= 11 is 0. The van der Waals surface area contributed by atoms with Crippen molar-refractivity contribution in [1.82, 2.24) is 5.32 Å². The van der Waals surface area contributed by atoms with Crippen LogP contribution in [-0.2, 0) is 6.54 Å². The normalized spacial score (nSPS) is 12.4. The summed E-state index contributed by atoms with van der Waals surface area (Å²) in [6, 6.07) is 21.4. The van der Waals surface area contributed by atoms with Crippen molar-refractivity contribution in [2.45, 2.75) is 25.4 Å². The number of benzene rings is 2. The summed E-state index contributed by atoms with van der Waals surface area (Å²) in [5.41, 5.74) is 2.57. The van der Waals surface area contributed by atoms with Crippen LogP contribution in [0.5, 0.6) is 0 Å². The zero-order valence-corrected chi connectivity index (χ0v) is 12.4. The quantitative estimate of drug-likeness (QED) is 0.682. The molecule has 0 heterocycles. The Kier molecular flexibility index (Phi) is 6.50. The van der Waals surface area contributed by atoms with E-state index in [1.807, 2.05) is 18.2 Å². The number of nitrogens with one attached hydrogen (secondary N) is 1. The largest absolute Gasteiger partial charge is 0.309 e. The van der Waals surface area contributed by atoms with Crippen LogP contribution in [0.25, 0.3) is 6.08 Å². The predicted molar refractivity (Wildman–Crippen MR) is 92.0 cm³/mol. The second-order valence-electron chi connectivity index (χ2n) is 5.14. The lowest BCUT2D eigenvalue weighted by Crippen LogP contribution is -2.27. The first-order valence-electron chi connectivity index (χ1n) is 7.48. The van der Waals surface area contributed by atoms with Crippen LogP contribution in [0.2, 0.25) is 0 Å². The molecule has 1 unspecified atom stereocenters. The molecular formula is C20H23N. The molecule has 2 aromatic rings. The molecule has 0 spiro atoms. The number of hydrogen-bond donors (Lipinski definition) is 1. The van der Waals surface area contributed by atoms with Gasteiger partial charge in [-0.25, -0.2) is 0 Å². The van der Waals surface area contributed by atoms with Crippen LogP contribution in [0.4, 0.5) is 0 Å². The molecule has 0 saturated carbocycles. The Morgan fingerprint density at radius 1 is 0.905 bits per heavy atom. The maximum absolute atomic E-state index is 3.86. The van der Waals surface area contributed by atoms with Crippen molar-refractivity contribution in [3.05, 3.63) is 90.5 Å². The first-order chi connectivity index (χ1) is 10.4. The van der Waals surface area contributed by atoms with E-state index >= 15 is 0 Å². The van der Waals surface area contributed by atoms with Crippen molar-refractivity contribution in [2.75, 3.05) is 0 Å². The summed E-state index contributed by atoms with van der Waals surface area (Å²) in [6.07, 6.45) is 8.39. The Hall–Kier alpha value is -2.12. The van der Waals surface area contributed by atoms with E-state index in [1.54, 1.807) is 0 Å². The second-order valence-corrected chi connectivity index (χ2v) is 5.14. The smallest absolute Gasteiger partial charge is 0.0208 e. The lowest BCUT2D eigenvalue weighted by Gasteiger charge is -2.15. The van der Waals surface area contributed by atoms with Crippen molar-refractivity contribution in [3.8, 4) is 0 Å². The third-order valence-corrected chi connectivity index (χ3v) is 3.42. The fourth-order valence-corrected chi connectivity index (χ4v) is 2.25. The molecule has 0 amide bonds. The Labute approximate surface area is 128 Å². The molecule has 2 rings (SSSR count). The van der Waals surface area contributed by atoms with E-state index in [1.165, 1.54) is 11.1 Å². The first kappa shape index (κ1) is 15.3. The second kappa shape index (κ2) is 8.93. The van der Waals surface area contributed by atoms with Gasteiger partial charge in [0.05, 0.1) is 0 Å². The molecule has 1 nitrogen and oxygen atoms in total. The molecular weight excluding hydrogens is 254 g/mol. The number of rotatable bonds is 8. The zero-order valence-electron chi connectivity index (χ0n) is 12.4. The van der Waals surface area contributed by atoms with E-state index in [0.717, 1.165) is 19.4 Å². The van der Waals surface area contributed by atoms with Gasteiger partial charge in [0.25, 0.3) is 0 Å². The summed E-state index contributed by atoms with van der Waals surface area (Å²) in [6.45, 7) is 4.76. The van der Waals surface area contributed by atoms with Crippen molar-refractivity contribution >= 4 is 6.08 Å². The minimum Gasteiger partial charge on any atom is -0.309 e. The minimum atomic E-state index is 0.433. The van der Waals surface area contributed by atoms with Gasteiger partial charge >= 0.3 is 0 Å². The minimum absolute atomic E-state index is 0.433. The lowest BCUT2D eigenvalue weighted by atomic mass is 10.1. The average molecular weight is 277 g/mol. The van der Waals surface area contributed by atoms with Gasteiger partial charge in [0.1, 0.15) is 0 Å². The van der Waals surface area contributed by atoms with Gasteiger partial charge in [0, 0.05) is 12.6 Å². The fraction of sp³-hybridized carbons (Fsp3) is 0.200. The van der Waals surface area contributed by atoms with Crippen molar-refractivity contribution < 1.29 is 0 Å². The molecule has 1 N–H and O–H groups in total. The number of hydrogen-bond acceptors (Lipinski definition) is 1. The maximum atomic E-state index is 3.86. The van der Waals surface area contributed by atoms with E-state index in [9.17, 15) is 0 Å². The van der Waals surface area contributed by atoms with E-state index in [4.69, 9.17) is 0 Å². The highest BCUT2D eigenvalue weighted by atomic mass is 14.9. The van der Waals surface area contributed by atoms with Gasteiger partial charge in [0.2, 0.25) is 0 Å². The molecule has 0 bridgehead atoms. The van der Waals surface area contributed by atoms with Gasteiger partial charge in [-0.15, -0.1) is 6.58 Å². The highest BCUT2D eigenvalue weighted by Gasteiger charge is 2.03. The van der Waals surface area contributed by atoms with Crippen LogP contribution in [-0.4, -0.2) is 6.04 Å². The monoisotopic (exact) mass is 277 g/mol. The van der Waals surface area contributed by atoms with Crippen LogP contribution >= 0.6 is 0 Å². The molecule has 0 saturated heterocycles. The van der Waals surface area contributed by atoms with Gasteiger partial charge in [-0.1, -0.05) is 78.9 Å². The van der Waals surface area contributed by atoms with Crippen molar-refractivity contribution in [1.29, 1.82) is 0 Å². The molecule has 0 radical (unpaired) electrons. The standard InChI is InChI=1S/C20H23N/c1-2-10-20(21-17-19-13-7-4-8-14-19)16-9-15-18-11-5-3-6-12-18/h2-9,11-15,20-21H,1,10,16-17H2/b15-9+. The molecule has 0 fully saturated rings.